The number of nitrogens with zero attached hydrogens (tertiary/aromatic N) is 1. The molecule has 0 bridgehead atoms. The Balaban J connectivity index is 0.000000810. The van der Waals surface area contributed by atoms with Gasteiger partial charge in [0.2, 0.25) is 0 Å². The minimum Gasteiger partial charge on any atom is -0.390 e. The van der Waals surface area contributed by atoms with E-state index in [0.29, 0.717) is 18.0 Å². The van der Waals surface area contributed by atoms with Gasteiger partial charge in [-0.15, -0.1) is 12.4 Å². The van der Waals surface area contributed by atoms with Crippen molar-refractivity contribution in [2.75, 3.05) is 0 Å². The maximum absolute atomic E-state index is 8.48. The van der Waals surface area contributed by atoms with E-state index in [4.69, 9.17) is 10.8 Å². The molecule has 0 aliphatic rings. The molecule has 0 atom stereocenters. The minimum absolute atomic E-state index is 0. The normalized spacial score (nSPS) is 9.00. The van der Waals surface area contributed by atoms with Crippen LogP contribution in [0.3, 0.4) is 0 Å². The monoisotopic (exact) mass is 164 g/mol. The first-order chi connectivity index (χ1) is 4.36. The molecule has 1 aromatic rings. The van der Waals surface area contributed by atoms with E-state index in [2.05, 4.69) is 9.68 Å². The molecule has 1 heterocycles. The van der Waals surface area contributed by atoms with Gasteiger partial charge < -0.3 is 15.4 Å². The summed E-state index contributed by atoms with van der Waals surface area (Å²) in [6.45, 7) is 0.233. The van der Waals surface area contributed by atoms with Crippen molar-refractivity contribution in [1.29, 1.82) is 0 Å². The summed E-state index contributed by atoms with van der Waals surface area (Å²) >= 11 is 0. The SMILES string of the molecule is Cl.NCc1cc(CO)no1. The average Bonchev–Trinajstić information content (AvgIpc) is 2.34. The maximum Gasteiger partial charge on any atom is 0.150 e. The van der Waals surface area contributed by atoms with Crippen molar-refractivity contribution in [2.24, 2.45) is 5.73 Å². The van der Waals surface area contributed by atoms with E-state index < -0.39 is 0 Å². The van der Waals surface area contributed by atoms with E-state index in [1.165, 1.54) is 0 Å². The first kappa shape index (κ1) is 9.42. The second-order valence-electron chi connectivity index (χ2n) is 1.65. The molecule has 5 heteroatoms. The van der Waals surface area contributed by atoms with Gasteiger partial charge in [-0.1, -0.05) is 5.16 Å². The molecular weight excluding hydrogens is 156 g/mol. The van der Waals surface area contributed by atoms with Gasteiger partial charge in [0.1, 0.15) is 5.69 Å². The number of nitrogens with two attached hydrogens (primary N) is 1. The Morgan fingerprint density at radius 3 is 2.70 bits per heavy atom. The number of hydrogen-bond acceptors (Lipinski definition) is 4. The third kappa shape index (κ3) is 1.98. The molecule has 0 fully saturated rings. The van der Waals surface area contributed by atoms with Crippen molar-refractivity contribution >= 4 is 12.4 Å². The number of rotatable bonds is 2. The molecule has 0 aromatic carbocycles. The van der Waals surface area contributed by atoms with Crippen LogP contribution in [0.2, 0.25) is 0 Å². The molecule has 4 nitrogen and oxygen atoms in total. The van der Waals surface area contributed by atoms with Crippen LogP contribution >= 0.6 is 12.4 Å². The number of halogens is 1. The van der Waals surface area contributed by atoms with E-state index in [1.54, 1.807) is 6.07 Å². The van der Waals surface area contributed by atoms with Crippen LogP contribution < -0.4 is 5.73 Å². The van der Waals surface area contributed by atoms with Crippen LogP contribution in [0, 0.1) is 0 Å². The molecule has 1 rings (SSSR count). The van der Waals surface area contributed by atoms with Crippen LogP contribution in [0.1, 0.15) is 11.5 Å². The van der Waals surface area contributed by atoms with Crippen molar-refractivity contribution in [3.63, 3.8) is 0 Å². The zero-order chi connectivity index (χ0) is 6.69. The van der Waals surface area contributed by atoms with Crippen LogP contribution in [0.25, 0.3) is 0 Å². The first-order valence-electron chi connectivity index (χ1n) is 2.62. The summed E-state index contributed by atoms with van der Waals surface area (Å²) in [6, 6.07) is 1.62. The van der Waals surface area contributed by atoms with E-state index in [9.17, 15) is 0 Å². The van der Waals surface area contributed by atoms with Crippen LogP contribution in [0.4, 0.5) is 0 Å². The molecule has 0 unspecified atom stereocenters. The molecule has 0 aliphatic heterocycles. The Labute approximate surface area is 64.4 Å². The molecule has 0 saturated heterocycles. The second-order valence-corrected chi connectivity index (χ2v) is 1.65. The summed E-state index contributed by atoms with van der Waals surface area (Å²) in [5.74, 6) is 0.596. The third-order valence-electron chi connectivity index (χ3n) is 0.971. The molecule has 58 valence electrons. The van der Waals surface area contributed by atoms with Gasteiger partial charge in [-0.3, -0.25) is 0 Å². The quantitative estimate of drug-likeness (QED) is 0.648. The average molecular weight is 165 g/mol. The van der Waals surface area contributed by atoms with E-state index in [0.717, 1.165) is 0 Å². The lowest BCUT2D eigenvalue weighted by molar-refractivity contribution is 0.265. The Bertz CT molecular complexity index is 171. The van der Waals surface area contributed by atoms with Gasteiger partial charge in [-0.25, -0.2) is 0 Å². The highest BCUT2D eigenvalue weighted by Crippen LogP contribution is 2.00. The van der Waals surface area contributed by atoms with Crippen molar-refractivity contribution in [3.8, 4) is 0 Å². The Morgan fingerprint density at radius 1 is 1.70 bits per heavy atom. The van der Waals surface area contributed by atoms with E-state index in [1.807, 2.05) is 0 Å². The highest BCUT2D eigenvalue weighted by Gasteiger charge is 1.98. The number of aliphatic hydroxyl groups is 1. The lowest BCUT2D eigenvalue weighted by Gasteiger charge is -1.78. The summed E-state index contributed by atoms with van der Waals surface area (Å²) in [7, 11) is 0. The fourth-order valence-corrected chi connectivity index (χ4v) is 0.526. The van der Waals surface area contributed by atoms with Crippen LogP contribution in [-0.4, -0.2) is 10.3 Å². The smallest absolute Gasteiger partial charge is 0.150 e. The summed E-state index contributed by atoms with van der Waals surface area (Å²) in [5.41, 5.74) is 5.73. The number of hydrogen-bond donors (Lipinski definition) is 2. The van der Waals surface area contributed by atoms with Gasteiger partial charge in [-0.05, 0) is 0 Å². The van der Waals surface area contributed by atoms with Gasteiger partial charge in [-0.2, -0.15) is 0 Å². The van der Waals surface area contributed by atoms with E-state index in [-0.39, 0.29) is 19.0 Å². The summed E-state index contributed by atoms with van der Waals surface area (Å²) < 4.78 is 4.67. The molecule has 0 amide bonds. The Hall–Kier alpha value is -0.580. The molecule has 10 heavy (non-hydrogen) atoms. The Morgan fingerprint density at radius 2 is 2.40 bits per heavy atom. The highest BCUT2D eigenvalue weighted by molar-refractivity contribution is 5.85. The summed E-state index contributed by atoms with van der Waals surface area (Å²) in [5, 5.41) is 12.0. The lowest BCUT2D eigenvalue weighted by Crippen LogP contribution is -1.92. The highest BCUT2D eigenvalue weighted by atomic mass is 35.5. The van der Waals surface area contributed by atoms with Crippen molar-refractivity contribution in [3.05, 3.63) is 17.5 Å². The topological polar surface area (TPSA) is 72.3 Å². The molecule has 3 N–H and O–H groups in total. The minimum atomic E-state index is -0.0938. The number of aliphatic hydroxyl groups excluding tert-OH is 1. The summed E-state index contributed by atoms with van der Waals surface area (Å²) in [4.78, 5) is 0. The number of aromatic nitrogens is 1. The third-order valence-corrected chi connectivity index (χ3v) is 0.971. The van der Waals surface area contributed by atoms with Crippen LogP contribution in [0.5, 0.6) is 0 Å². The molecule has 1 aromatic heterocycles. The Kier molecular flexibility index (Phi) is 4.02. The second kappa shape index (κ2) is 4.27. The molecule has 0 saturated carbocycles. The maximum atomic E-state index is 8.48. The van der Waals surface area contributed by atoms with Crippen LogP contribution in [0.15, 0.2) is 10.6 Å². The summed E-state index contributed by atoms with van der Waals surface area (Å²) in [6.07, 6.45) is 0. The molecule has 0 radical (unpaired) electrons. The predicted octanol–water partition coefficient (Wildman–Crippen LogP) is 0.0474. The fourth-order valence-electron chi connectivity index (χ4n) is 0.526. The predicted molar refractivity (Wildman–Crippen MR) is 37.6 cm³/mol. The van der Waals surface area contributed by atoms with Gasteiger partial charge in [0.25, 0.3) is 0 Å². The first-order valence-corrected chi connectivity index (χ1v) is 2.62. The van der Waals surface area contributed by atoms with Gasteiger partial charge in [0.15, 0.2) is 5.76 Å². The zero-order valence-electron chi connectivity index (χ0n) is 5.28. The van der Waals surface area contributed by atoms with Crippen molar-refractivity contribution in [1.82, 2.24) is 5.16 Å². The zero-order valence-corrected chi connectivity index (χ0v) is 6.10. The largest absolute Gasteiger partial charge is 0.390 e. The molecular formula is C5H9ClN2O2. The fraction of sp³-hybridized carbons (Fsp3) is 0.400. The van der Waals surface area contributed by atoms with Gasteiger partial charge >= 0.3 is 0 Å². The molecule has 0 spiro atoms. The van der Waals surface area contributed by atoms with Crippen LogP contribution in [-0.2, 0) is 13.2 Å². The van der Waals surface area contributed by atoms with Gasteiger partial charge in [0, 0.05) is 6.07 Å². The molecule has 0 aliphatic carbocycles. The lowest BCUT2D eigenvalue weighted by atomic mass is 10.4. The van der Waals surface area contributed by atoms with Crippen molar-refractivity contribution < 1.29 is 9.63 Å². The van der Waals surface area contributed by atoms with E-state index >= 15 is 0 Å². The standard InChI is InChI=1S/C5H8N2O2.ClH/c6-2-5-1-4(3-8)7-9-5;/h1,8H,2-3,6H2;1H. The van der Waals surface area contributed by atoms with Gasteiger partial charge in [0.05, 0.1) is 13.2 Å². The van der Waals surface area contributed by atoms with Crippen molar-refractivity contribution in [2.45, 2.75) is 13.2 Å².